The molecule has 1 aliphatic heterocycles. The number of rotatable bonds is 2. The van der Waals surface area contributed by atoms with Gasteiger partial charge in [0.2, 0.25) is 0 Å². The Hall–Kier alpha value is -1.09. The van der Waals surface area contributed by atoms with Gasteiger partial charge in [0.15, 0.2) is 0 Å². The van der Waals surface area contributed by atoms with Crippen molar-refractivity contribution in [1.82, 2.24) is 4.98 Å². The van der Waals surface area contributed by atoms with Crippen LogP contribution in [0.5, 0.6) is 0 Å². The van der Waals surface area contributed by atoms with Crippen molar-refractivity contribution in [2.24, 2.45) is 11.3 Å². The number of aliphatic hydroxyl groups is 1. The Morgan fingerprint density at radius 2 is 2.05 bits per heavy atom. The number of nitrogens with zero attached hydrogens (tertiary/aromatic N) is 2. The minimum atomic E-state index is -0.458. The predicted octanol–water partition coefficient (Wildman–Crippen LogP) is 3.79. The molecule has 112 valence electrons. The standard InChI is InChI=1S/C17H28N2O/c1-13(20)15-8-5-10-18-16(15)19-11-6-7-14(9-12-19)17(2,3)4/h5,8,10,13-14,20H,6-7,9,11-12H2,1-4H3. The van der Waals surface area contributed by atoms with Crippen molar-refractivity contribution in [2.45, 2.75) is 53.1 Å². The first-order valence-corrected chi connectivity index (χ1v) is 7.77. The Morgan fingerprint density at radius 3 is 2.70 bits per heavy atom. The number of hydrogen-bond acceptors (Lipinski definition) is 3. The van der Waals surface area contributed by atoms with E-state index in [9.17, 15) is 5.11 Å². The topological polar surface area (TPSA) is 36.4 Å². The lowest BCUT2D eigenvalue weighted by Crippen LogP contribution is -2.28. The van der Waals surface area contributed by atoms with Crippen molar-refractivity contribution >= 4 is 5.82 Å². The molecule has 1 N–H and O–H groups in total. The van der Waals surface area contributed by atoms with E-state index in [4.69, 9.17) is 0 Å². The van der Waals surface area contributed by atoms with Crippen molar-refractivity contribution in [3.8, 4) is 0 Å². The molecule has 2 rings (SSSR count). The van der Waals surface area contributed by atoms with Gasteiger partial charge in [0.25, 0.3) is 0 Å². The van der Waals surface area contributed by atoms with Crippen molar-refractivity contribution in [1.29, 1.82) is 0 Å². The highest BCUT2D eigenvalue weighted by Crippen LogP contribution is 2.35. The fourth-order valence-electron chi connectivity index (χ4n) is 3.17. The Bertz CT molecular complexity index is 437. The number of aliphatic hydroxyl groups excluding tert-OH is 1. The van der Waals surface area contributed by atoms with Gasteiger partial charge in [-0.3, -0.25) is 0 Å². The number of anilines is 1. The SMILES string of the molecule is CC(O)c1cccnc1N1CCCC(C(C)(C)C)CC1. The molecule has 1 aromatic rings. The lowest BCUT2D eigenvalue weighted by molar-refractivity contribution is 0.199. The molecule has 20 heavy (non-hydrogen) atoms. The minimum Gasteiger partial charge on any atom is -0.389 e. The van der Waals surface area contributed by atoms with Crippen LogP contribution in [-0.4, -0.2) is 23.2 Å². The Balaban J connectivity index is 2.15. The molecule has 0 spiro atoms. The van der Waals surface area contributed by atoms with Gasteiger partial charge >= 0.3 is 0 Å². The maximum atomic E-state index is 9.92. The number of pyridine rings is 1. The Morgan fingerprint density at radius 1 is 1.30 bits per heavy atom. The molecule has 0 aliphatic carbocycles. The molecule has 0 bridgehead atoms. The van der Waals surface area contributed by atoms with Crippen molar-refractivity contribution in [2.75, 3.05) is 18.0 Å². The van der Waals surface area contributed by atoms with Gasteiger partial charge in [0.1, 0.15) is 5.82 Å². The maximum Gasteiger partial charge on any atom is 0.134 e. The van der Waals surface area contributed by atoms with Crippen LogP contribution in [0.15, 0.2) is 18.3 Å². The van der Waals surface area contributed by atoms with E-state index in [2.05, 4.69) is 30.7 Å². The second-order valence-corrected chi connectivity index (χ2v) is 7.07. The zero-order valence-corrected chi connectivity index (χ0v) is 13.3. The average Bonchev–Trinajstić information content (AvgIpc) is 2.63. The van der Waals surface area contributed by atoms with Gasteiger partial charge in [-0.05, 0) is 43.6 Å². The Kier molecular flexibility index (Phi) is 4.69. The molecule has 2 unspecified atom stereocenters. The van der Waals surface area contributed by atoms with Gasteiger partial charge in [0.05, 0.1) is 6.10 Å². The quantitative estimate of drug-likeness (QED) is 0.893. The summed E-state index contributed by atoms with van der Waals surface area (Å²) in [5.74, 6) is 1.74. The van der Waals surface area contributed by atoms with Crippen LogP contribution in [0, 0.1) is 11.3 Å². The smallest absolute Gasteiger partial charge is 0.134 e. The predicted molar refractivity (Wildman–Crippen MR) is 83.9 cm³/mol. The van der Waals surface area contributed by atoms with Crippen molar-refractivity contribution < 1.29 is 5.11 Å². The van der Waals surface area contributed by atoms with E-state index in [1.807, 2.05) is 25.3 Å². The van der Waals surface area contributed by atoms with Gasteiger partial charge in [-0.15, -0.1) is 0 Å². The fourth-order valence-corrected chi connectivity index (χ4v) is 3.17. The highest BCUT2D eigenvalue weighted by atomic mass is 16.3. The van der Waals surface area contributed by atoms with E-state index in [-0.39, 0.29) is 0 Å². The van der Waals surface area contributed by atoms with E-state index in [1.165, 1.54) is 19.3 Å². The van der Waals surface area contributed by atoms with E-state index in [1.54, 1.807) is 0 Å². The van der Waals surface area contributed by atoms with Crippen LogP contribution in [0.25, 0.3) is 0 Å². The second-order valence-electron chi connectivity index (χ2n) is 7.07. The van der Waals surface area contributed by atoms with Crippen molar-refractivity contribution in [3.05, 3.63) is 23.9 Å². The highest BCUT2D eigenvalue weighted by Gasteiger charge is 2.28. The molecule has 0 saturated carbocycles. The highest BCUT2D eigenvalue weighted by molar-refractivity contribution is 5.47. The molecule has 3 heteroatoms. The van der Waals surface area contributed by atoms with Gasteiger partial charge in [-0.25, -0.2) is 4.98 Å². The second kappa shape index (κ2) is 6.13. The van der Waals surface area contributed by atoms with Gasteiger partial charge < -0.3 is 10.0 Å². The van der Waals surface area contributed by atoms with Crippen LogP contribution >= 0.6 is 0 Å². The van der Waals surface area contributed by atoms with Crippen LogP contribution < -0.4 is 4.90 Å². The van der Waals surface area contributed by atoms with Crippen LogP contribution in [0.2, 0.25) is 0 Å². The summed E-state index contributed by atoms with van der Waals surface area (Å²) < 4.78 is 0. The molecule has 0 aromatic carbocycles. The molecule has 1 saturated heterocycles. The molecular weight excluding hydrogens is 248 g/mol. The number of aromatic nitrogens is 1. The fraction of sp³-hybridized carbons (Fsp3) is 0.706. The monoisotopic (exact) mass is 276 g/mol. The first kappa shape index (κ1) is 15.3. The summed E-state index contributed by atoms with van der Waals surface area (Å²) in [5, 5.41) is 9.92. The van der Waals surface area contributed by atoms with Gasteiger partial charge in [-0.1, -0.05) is 26.8 Å². The molecule has 2 atom stereocenters. The summed E-state index contributed by atoms with van der Waals surface area (Å²) in [4.78, 5) is 6.87. The summed E-state index contributed by atoms with van der Waals surface area (Å²) >= 11 is 0. The van der Waals surface area contributed by atoms with Crippen molar-refractivity contribution in [3.63, 3.8) is 0 Å². The van der Waals surface area contributed by atoms with E-state index in [0.717, 1.165) is 30.4 Å². The third kappa shape index (κ3) is 3.51. The van der Waals surface area contributed by atoms with Crippen LogP contribution in [0.3, 0.4) is 0 Å². The normalized spacial score (nSPS) is 22.4. The summed E-state index contributed by atoms with van der Waals surface area (Å²) in [7, 11) is 0. The van der Waals surface area contributed by atoms with Crippen LogP contribution in [0.4, 0.5) is 5.82 Å². The van der Waals surface area contributed by atoms with E-state index >= 15 is 0 Å². The summed E-state index contributed by atoms with van der Waals surface area (Å²) in [6.45, 7) is 10.9. The first-order valence-electron chi connectivity index (χ1n) is 7.77. The molecule has 1 fully saturated rings. The third-order valence-electron chi connectivity index (χ3n) is 4.52. The van der Waals surface area contributed by atoms with Gasteiger partial charge in [-0.2, -0.15) is 0 Å². The lowest BCUT2D eigenvalue weighted by Gasteiger charge is -2.30. The van der Waals surface area contributed by atoms with Crippen LogP contribution in [0.1, 0.15) is 58.6 Å². The number of hydrogen-bond donors (Lipinski definition) is 1. The zero-order valence-electron chi connectivity index (χ0n) is 13.3. The van der Waals surface area contributed by atoms with Crippen LogP contribution in [-0.2, 0) is 0 Å². The summed E-state index contributed by atoms with van der Waals surface area (Å²) in [5.41, 5.74) is 1.33. The zero-order chi connectivity index (χ0) is 14.8. The largest absolute Gasteiger partial charge is 0.389 e. The molecule has 2 heterocycles. The summed E-state index contributed by atoms with van der Waals surface area (Å²) in [6.07, 6.45) is 5.07. The molecule has 1 aromatic heterocycles. The molecular formula is C17H28N2O. The molecule has 0 radical (unpaired) electrons. The average molecular weight is 276 g/mol. The van der Waals surface area contributed by atoms with Gasteiger partial charge in [0, 0.05) is 24.8 Å². The Labute approximate surface area is 123 Å². The summed E-state index contributed by atoms with van der Waals surface area (Å²) in [6, 6.07) is 3.89. The maximum absolute atomic E-state index is 9.92. The first-order chi connectivity index (χ1) is 9.39. The lowest BCUT2D eigenvalue weighted by atomic mass is 9.77. The molecule has 1 aliphatic rings. The van der Waals surface area contributed by atoms with E-state index in [0.29, 0.717) is 5.41 Å². The molecule has 3 nitrogen and oxygen atoms in total. The van der Waals surface area contributed by atoms with E-state index < -0.39 is 6.10 Å². The molecule has 0 amide bonds. The minimum absolute atomic E-state index is 0.382. The third-order valence-corrected chi connectivity index (χ3v) is 4.52.